The SMILES string of the molecule is C=C(N)c1cc(Cl)cnc1C.CCc1c(Cl)c(C)nn1CC1CCCCC1. The monoisotopic (exact) mass is 408 g/mol. The van der Waals surface area contributed by atoms with Crippen LogP contribution in [0.4, 0.5) is 0 Å². The third-order valence-corrected chi connectivity index (χ3v) is 5.74. The third kappa shape index (κ3) is 5.98. The molecule has 3 rings (SSSR count). The molecule has 27 heavy (non-hydrogen) atoms. The van der Waals surface area contributed by atoms with E-state index in [1.54, 1.807) is 12.3 Å². The van der Waals surface area contributed by atoms with Crippen LogP contribution in [-0.4, -0.2) is 14.8 Å². The summed E-state index contributed by atoms with van der Waals surface area (Å²) in [6, 6.07) is 1.76. The lowest BCUT2D eigenvalue weighted by Crippen LogP contribution is -2.16. The highest BCUT2D eigenvalue weighted by molar-refractivity contribution is 6.31. The van der Waals surface area contributed by atoms with Crippen LogP contribution in [0.2, 0.25) is 10.0 Å². The zero-order chi connectivity index (χ0) is 20.0. The van der Waals surface area contributed by atoms with E-state index in [1.807, 2.05) is 13.8 Å². The molecule has 148 valence electrons. The first-order valence-corrected chi connectivity index (χ1v) is 10.4. The maximum absolute atomic E-state index is 6.25. The smallest absolute Gasteiger partial charge is 0.0846 e. The molecule has 0 atom stereocenters. The van der Waals surface area contributed by atoms with Crippen LogP contribution < -0.4 is 5.73 Å². The molecular weight excluding hydrogens is 379 g/mol. The summed E-state index contributed by atoms with van der Waals surface area (Å²) in [5.41, 5.74) is 9.85. The fourth-order valence-corrected chi connectivity index (χ4v) is 3.97. The van der Waals surface area contributed by atoms with Crippen molar-refractivity contribution in [2.75, 3.05) is 0 Å². The Morgan fingerprint density at radius 3 is 2.44 bits per heavy atom. The van der Waals surface area contributed by atoms with Crippen molar-refractivity contribution in [1.29, 1.82) is 0 Å². The largest absolute Gasteiger partial charge is 0.399 e. The van der Waals surface area contributed by atoms with E-state index in [2.05, 4.69) is 28.3 Å². The van der Waals surface area contributed by atoms with Crippen LogP contribution in [0.3, 0.4) is 0 Å². The van der Waals surface area contributed by atoms with E-state index in [4.69, 9.17) is 28.9 Å². The fraction of sp³-hybridized carbons (Fsp3) is 0.524. The summed E-state index contributed by atoms with van der Waals surface area (Å²) < 4.78 is 2.15. The molecule has 2 N–H and O–H groups in total. The summed E-state index contributed by atoms with van der Waals surface area (Å²) in [6.07, 6.45) is 9.48. The average molecular weight is 409 g/mol. The van der Waals surface area contributed by atoms with Gasteiger partial charge in [-0.05, 0) is 45.1 Å². The molecule has 0 aromatic carbocycles. The van der Waals surface area contributed by atoms with Gasteiger partial charge >= 0.3 is 0 Å². The lowest BCUT2D eigenvalue weighted by Gasteiger charge is -2.22. The molecule has 0 amide bonds. The van der Waals surface area contributed by atoms with Crippen molar-refractivity contribution in [2.45, 2.75) is 65.8 Å². The average Bonchev–Trinajstić information content (AvgIpc) is 2.91. The van der Waals surface area contributed by atoms with E-state index < -0.39 is 0 Å². The summed E-state index contributed by atoms with van der Waals surface area (Å²) in [6.45, 7) is 10.7. The van der Waals surface area contributed by atoms with Gasteiger partial charge in [-0.25, -0.2) is 0 Å². The Labute approximate surface area is 172 Å². The number of aromatic nitrogens is 3. The number of nitrogens with zero attached hydrogens (tertiary/aromatic N) is 3. The van der Waals surface area contributed by atoms with Gasteiger partial charge in [0.15, 0.2) is 0 Å². The van der Waals surface area contributed by atoms with Crippen LogP contribution >= 0.6 is 23.2 Å². The quantitative estimate of drug-likeness (QED) is 0.678. The topological polar surface area (TPSA) is 56.7 Å². The van der Waals surface area contributed by atoms with Crippen molar-refractivity contribution in [3.8, 4) is 0 Å². The van der Waals surface area contributed by atoms with Gasteiger partial charge in [-0.15, -0.1) is 0 Å². The van der Waals surface area contributed by atoms with E-state index in [1.165, 1.54) is 37.8 Å². The van der Waals surface area contributed by atoms with Gasteiger partial charge in [0.25, 0.3) is 0 Å². The van der Waals surface area contributed by atoms with E-state index in [-0.39, 0.29) is 0 Å². The lowest BCUT2D eigenvalue weighted by molar-refractivity contribution is 0.304. The Kier molecular flexibility index (Phi) is 8.18. The third-order valence-electron chi connectivity index (χ3n) is 5.04. The van der Waals surface area contributed by atoms with Gasteiger partial charge in [0.05, 0.1) is 21.4 Å². The molecule has 0 aliphatic heterocycles. The minimum atomic E-state index is 0.498. The zero-order valence-electron chi connectivity index (χ0n) is 16.6. The van der Waals surface area contributed by atoms with Crippen LogP contribution in [0.25, 0.3) is 5.70 Å². The van der Waals surface area contributed by atoms with Gasteiger partial charge < -0.3 is 5.73 Å². The molecule has 1 aliphatic rings. The number of hydrogen-bond donors (Lipinski definition) is 1. The van der Waals surface area contributed by atoms with Crippen molar-refractivity contribution in [2.24, 2.45) is 11.7 Å². The van der Waals surface area contributed by atoms with Crippen LogP contribution in [0.5, 0.6) is 0 Å². The number of pyridine rings is 1. The summed E-state index contributed by atoms with van der Waals surface area (Å²) in [5, 5.41) is 6.01. The molecule has 2 aromatic heterocycles. The summed E-state index contributed by atoms with van der Waals surface area (Å²) in [4.78, 5) is 4.03. The Bertz CT molecular complexity index is 777. The van der Waals surface area contributed by atoms with Crippen molar-refractivity contribution < 1.29 is 0 Å². The molecule has 0 radical (unpaired) electrons. The zero-order valence-corrected chi connectivity index (χ0v) is 18.1. The maximum atomic E-state index is 6.25. The first kappa shape index (κ1) is 21.8. The molecule has 4 nitrogen and oxygen atoms in total. The number of hydrogen-bond acceptors (Lipinski definition) is 3. The highest BCUT2D eigenvalue weighted by Gasteiger charge is 2.18. The number of rotatable bonds is 4. The van der Waals surface area contributed by atoms with E-state index in [0.717, 1.165) is 40.9 Å². The van der Waals surface area contributed by atoms with Gasteiger partial charge in [-0.2, -0.15) is 5.10 Å². The Morgan fingerprint density at radius 2 is 1.89 bits per heavy atom. The maximum Gasteiger partial charge on any atom is 0.0846 e. The Balaban J connectivity index is 0.000000208. The predicted octanol–water partition coefficient (Wildman–Crippen LogP) is 5.96. The molecule has 0 bridgehead atoms. The van der Waals surface area contributed by atoms with Gasteiger partial charge in [-0.3, -0.25) is 9.67 Å². The number of aryl methyl sites for hydroxylation is 2. The van der Waals surface area contributed by atoms with Crippen molar-refractivity contribution in [3.63, 3.8) is 0 Å². The predicted molar refractivity (Wildman–Crippen MR) is 115 cm³/mol. The Hall–Kier alpha value is -1.52. The van der Waals surface area contributed by atoms with Gasteiger partial charge in [-0.1, -0.05) is 56.0 Å². The molecule has 1 fully saturated rings. The minimum absolute atomic E-state index is 0.498. The first-order chi connectivity index (χ1) is 12.8. The standard InChI is InChI=1S/C13H21ClN2.C8H9ClN2/c1-3-12-13(14)10(2)15-16(12)9-11-7-5-4-6-8-11;1-5(10)8-3-7(9)4-11-6(8)2/h11H,3-9H2,1-2H3;3-4H,1,10H2,2H3. The van der Waals surface area contributed by atoms with Crippen LogP contribution in [0.15, 0.2) is 18.8 Å². The molecule has 2 heterocycles. The molecule has 1 aliphatic carbocycles. The van der Waals surface area contributed by atoms with Crippen LogP contribution in [0, 0.1) is 19.8 Å². The van der Waals surface area contributed by atoms with Crippen molar-refractivity contribution in [1.82, 2.24) is 14.8 Å². The number of halogens is 2. The molecule has 0 spiro atoms. The van der Waals surface area contributed by atoms with Gasteiger partial charge in [0, 0.05) is 29.7 Å². The highest BCUT2D eigenvalue weighted by atomic mass is 35.5. The van der Waals surface area contributed by atoms with Crippen molar-refractivity contribution >= 4 is 28.9 Å². The lowest BCUT2D eigenvalue weighted by atomic mass is 9.89. The Morgan fingerprint density at radius 1 is 1.22 bits per heavy atom. The summed E-state index contributed by atoms with van der Waals surface area (Å²) in [7, 11) is 0. The molecular formula is C21H30Cl2N4. The molecule has 1 saturated carbocycles. The fourth-order valence-electron chi connectivity index (χ4n) is 3.54. The van der Waals surface area contributed by atoms with Crippen LogP contribution in [0.1, 0.15) is 61.7 Å². The van der Waals surface area contributed by atoms with Gasteiger partial charge in [0.1, 0.15) is 0 Å². The van der Waals surface area contributed by atoms with E-state index >= 15 is 0 Å². The second kappa shape index (κ2) is 10.1. The second-order valence-corrected chi connectivity index (χ2v) is 8.01. The second-order valence-electron chi connectivity index (χ2n) is 7.20. The number of nitrogens with two attached hydrogens (primary N) is 1. The highest BCUT2D eigenvalue weighted by Crippen LogP contribution is 2.27. The summed E-state index contributed by atoms with van der Waals surface area (Å²) in [5.74, 6) is 0.814. The van der Waals surface area contributed by atoms with E-state index in [0.29, 0.717) is 10.7 Å². The first-order valence-electron chi connectivity index (χ1n) is 9.62. The van der Waals surface area contributed by atoms with Crippen LogP contribution in [-0.2, 0) is 13.0 Å². The molecule has 0 unspecified atom stereocenters. The van der Waals surface area contributed by atoms with Crippen molar-refractivity contribution in [3.05, 3.63) is 51.5 Å². The molecule has 2 aromatic rings. The normalized spacial score (nSPS) is 14.6. The van der Waals surface area contributed by atoms with Gasteiger partial charge in [0.2, 0.25) is 0 Å². The van der Waals surface area contributed by atoms with E-state index in [9.17, 15) is 0 Å². The summed E-state index contributed by atoms with van der Waals surface area (Å²) >= 11 is 12.0. The molecule has 0 saturated heterocycles. The molecule has 6 heteroatoms. The minimum Gasteiger partial charge on any atom is -0.399 e.